The Bertz CT molecular complexity index is 1500. The fraction of sp³-hybridized carbons (Fsp3) is 0.217. The minimum absolute atomic E-state index is 0.122. The highest BCUT2D eigenvalue weighted by Crippen LogP contribution is 2.30. The molecule has 0 atom stereocenters. The molecule has 4 aromatic heterocycles. The minimum Gasteiger partial charge on any atom is -0.363 e. The first-order chi connectivity index (χ1) is 14.9. The zero-order chi connectivity index (χ0) is 21.9. The summed E-state index contributed by atoms with van der Waals surface area (Å²) in [5, 5.41) is 5.25. The molecule has 1 aromatic carbocycles. The van der Waals surface area contributed by atoms with Crippen molar-refractivity contribution in [3.63, 3.8) is 0 Å². The number of anilines is 1. The standard InChI is InChI=1S/C23H23N7O/c1-14-19(13-26-29(14)5)30-22-17-10-15(16-7-9-21(25-11-16)27(2)3)6-8-18(17)24-12-20(22)28(4)23(30)31/h6-13H,1-5H3. The van der Waals surface area contributed by atoms with E-state index in [-0.39, 0.29) is 5.69 Å². The average Bonchev–Trinajstić information content (AvgIpc) is 3.23. The monoisotopic (exact) mass is 413 g/mol. The molecule has 5 aromatic rings. The van der Waals surface area contributed by atoms with E-state index in [1.807, 2.05) is 57.4 Å². The summed E-state index contributed by atoms with van der Waals surface area (Å²) in [6.07, 6.45) is 5.36. The summed E-state index contributed by atoms with van der Waals surface area (Å²) in [6, 6.07) is 10.2. The third-order valence-corrected chi connectivity index (χ3v) is 5.87. The molecule has 0 N–H and O–H groups in total. The topological polar surface area (TPSA) is 73.8 Å². The molecule has 0 saturated carbocycles. The second kappa shape index (κ2) is 6.80. The van der Waals surface area contributed by atoms with Gasteiger partial charge in [0.1, 0.15) is 5.82 Å². The zero-order valence-corrected chi connectivity index (χ0v) is 18.2. The molecule has 8 nitrogen and oxygen atoms in total. The van der Waals surface area contributed by atoms with Crippen LogP contribution < -0.4 is 10.6 Å². The molecule has 0 spiro atoms. The van der Waals surface area contributed by atoms with E-state index in [1.165, 1.54) is 0 Å². The van der Waals surface area contributed by atoms with Crippen LogP contribution in [-0.4, -0.2) is 43.0 Å². The van der Waals surface area contributed by atoms with E-state index in [4.69, 9.17) is 0 Å². The minimum atomic E-state index is -0.122. The molecule has 0 aliphatic heterocycles. The Balaban J connectivity index is 1.81. The highest BCUT2D eigenvalue weighted by molar-refractivity contribution is 6.04. The lowest BCUT2D eigenvalue weighted by atomic mass is 10.0. The maximum Gasteiger partial charge on any atom is 0.333 e. The van der Waals surface area contributed by atoms with Gasteiger partial charge in [-0.2, -0.15) is 5.10 Å². The zero-order valence-electron chi connectivity index (χ0n) is 18.2. The van der Waals surface area contributed by atoms with Crippen LogP contribution in [0.3, 0.4) is 0 Å². The van der Waals surface area contributed by atoms with Crippen LogP contribution >= 0.6 is 0 Å². The molecule has 0 unspecified atom stereocenters. The van der Waals surface area contributed by atoms with Gasteiger partial charge in [-0.25, -0.2) is 9.78 Å². The van der Waals surface area contributed by atoms with Crippen LogP contribution in [0.4, 0.5) is 5.82 Å². The summed E-state index contributed by atoms with van der Waals surface area (Å²) in [5.74, 6) is 0.901. The number of benzene rings is 1. The fourth-order valence-electron chi connectivity index (χ4n) is 3.93. The van der Waals surface area contributed by atoms with E-state index in [0.717, 1.165) is 50.3 Å². The van der Waals surface area contributed by atoms with Crippen molar-refractivity contribution in [1.82, 2.24) is 28.9 Å². The van der Waals surface area contributed by atoms with Crippen molar-refractivity contribution in [3.8, 4) is 16.8 Å². The molecule has 0 aliphatic carbocycles. The number of pyridine rings is 2. The molecule has 8 heteroatoms. The maximum atomic E-state index is 13.2. The van der Waals surface area contributed by atoms with Crippen molar-refractivity contribution in [2.24, 2.45) is 14.1 Å². The Morgan fingerprint density at radius 2 is 1.71 bits per heavy atom. The molecular formula is C23H23N7O. The third kappa shape index (κ3) is 2.83. The van der Waals surface area contributed by atoms with Crippen LogP contribution in [0, 0.1) is 6.92 Å². The van der Waals surface area contributed by atoms with Crippen LogP contribution in [0.15, 0.2) is 53.7 Å². The quantitative estimate of drug-likeness (QED) is 0.455. The van der Waals surface area contributed by atoms with Gasteiger partial charge in [0.05, 0.1) is 40.3 Å². The molecule has 156 valence electrons. The molecular weight excluding hydrogens is 390 g/mol. The SMILES string of the molecule is Cc1c(-n2c(=O)n(C)c3cnc4ccc(-c5ccc(N(C)C)nc5)cc4c32)cnn1C. The number of hydrogen-bond acceptors (Lipinski definition) is 5. The molecule has 4 heterocycles. The predicted molar refractivity (Wildman–Crippen MR) is 123 cm³/mol. The van der Waals surface area contributed by atoms with Gasteiger partial charge in [0.15, 0.2) is 0 Å². The van der Waals surface area contributed by atoms with Gasteiger partial charge in [-0.1, -0.05) is 6.07 Å². The van der Waals surface area contributed by atoms with Crippen LogP contribution in [0.2, 0.25) is 0 Å². The summed E-state index contributed by atoms with van der Waals surface area (Å²) in [5.41, 5.74) is 6.02. The molecule has 0 amide bonds. The second-order valence-corrected chi connectivity index (χ2v) is 7.94. The van der Waals surface area contributed by atoms with Crippen molar-refractivity contribution in [2.75, 3.05) is 19.0 Å². The predicted octanol–water partition coefficient (Wildman–Crippen LogP) is 3.05. The summed E-state index contributed by atoms with van der Waals surface area (Å²) < 4.78 is 5.14. The highest BCUT2D eigenvalue weighted by atomic mass is 16.1. The van der Waals surface area contributed by atoms with Gasteiger partial charge in [0.2, 0.25) is 0 Å². The largest absolute Gasteiger partial charge is 0.363 e. The van der Waals surface area contributed by atoms with Gasteiger partial charge in [0, 0.05) is 45.3 Å². The summed E-state index contributed by atoms with van der Waals surface area (Å²) in [7, 11) is 7.58. The number of aryl methyl sites for hydroxylation is 2. The van der Waals surface area contributed by atoms with Gasteiger partial charge < -0.3 is 4.90 Å². The Kier molecular flexibility index (Phi) is 4.18. The number of aromatic nitrogens is 6. The van der Waals surface area contributed by atoms with E-state index in [0.29, 0.717) is 0 Å². The van der Waals surface area contributed by atoms with Crippen molar-refractivity contribution in [3.05, 3.63) is 65.1 Å². The Labute approximate surface area is 179 Å². The fourth-order valence-corrected chi connectivity index (χ4v) is 3.93. The lowest BCUT2D eigenvalue weighted by Gasteiger charge is -2.12. The summed E-state index contributed by atoms with van der Waals surface area (Å²) >= 11 is 0. The van der Waals surface area contributed by atoms with Gasteiger partial charge in [0.25, 0.3) is 0 Å². The van der Waals surface area contributed by atoms with Crippen LogP contribution in [-0.2, 0) is 14.1 Å². The van der Waals surface area contributed by atoms with E-state index in [1.54, 1.807) is 33.3 Å². The molecule has 0 aliphatic rings. The molecule has 0 fully saturated rings. The third-order valence-electron chi connectivity index (χ3n) is 5.87. The lowest BCUT2D eigenvalue weighted by molar-refractivity contribution is 0.737. The van der Waals surface area contributed by atoms with Gasteiger partial charge in [-0.3, -0.25) is 18.8 Å². The first-order valence-corrected chi connectivity index (χ1v) is 9.99. The Hall–Kier alpha value is -3.94. The van der Waals surface area contributed by atoms with E-state index < -0.39 is 0 Å². The van der Waals surface area contributed by atoms with Gasteiger partial charge >= 0.3 is 5.69 Å². The van der Waals surface area contributed by atoms with E-state index in [2.05, 4.69) is 27.2 Å². The van der Waals surface area contributed by atoms with Crippen LogP contribution in [0.5, 0.6) is 0 Å². The average molecular weight is 413 g/mol. The van der Waals surface area contributed by atoms with Crippen LogP contribution in [0.25, 0.3) is 38.8 Å². The van der Waals surface area contributed by atoms with Crippen molar-refractivity contribution in [2.45, 2.75) is 6.92 Å². The second-order valence-electron chi connectivity index (χ2n) is 7.94. The first kappa shape index (κ1) is 19.0. The van der Waals surface area contributed by atoms with Crippen molar-refractivity contribution >= 4 is 27.8 Å². The number of rotatable bonds is 3. The summed E-state index contributed by atoms with van der Waals surface area (Å²) in [4.78, 5) is 24.3. The smallest absolute Gasteiger partial charge is 0.333 e. The number of hydrogen-bond donors (Lipinski definition) is 0. The number of nitrogens with zero attached hydrogens (tertiary/aromatic N) is 7. The highest BCUT2D eigenvalue weighted by Gasteiger charge is 2.19. The first-order valence-electron chi connectivity index (χ1n) is 9.99. The molecule has 0 saturated heterocycles. The van der Waals surface area contributed by atoms with E-state index in [9.17, 15) is 4.79 Å². The summed E-state index contributed by atoms with van der Waals surface area (Å²) in [6.45, 7) is 1.96. The van der Waals surface area contributed by atoms with Crippen molar-refractivity contribution in [1.29, 1.82) is 0 Å². The Morgan fingerprint density at radius 1 is 0.935 bits per heavy atom. The Morgan fingerprint density at radius 3 is 2.35 bits per heavy atom. The van der Waals surface area contributed by atoms with Gasteiger partial charge in [-0.05, 0) is 36.8 Å². The number of imidazole rings is 1. The van der Waals surface area contributed by atoms with Crippen LogP contribution in [0.1, 0.15) is 5.69 Å². The van der Waals surface area contributed by atoms with Crippen molar-refractivity contribution < 1.29 is 0 Å². The molecule has 5 rings (SSSR count). The molecule has 0 radical (unpaired) electrons. The molecule has 31 heavy (non-hydrogen) atoms. The molecule has 0 bridgehead atoms. The maximum absolute atomic E-state index is 13.2. The van der Waals surface area contributed by atoms with Gasteiger partial charge in [-0.15, -0.1) is 0 Å². The number of fused-ring (bicyclic) bond motifs is 3. The lowest BCUT2D eigenvalue weighted by Crippen LogP contribution is -2.21. The van der Waals surface area contributed by atoms with E-state index >= 15 is 0 Å². The normalized spacial score (nSPS) is 11.5.